The quantitative estimate of drug-likeness (QED) is 0.271. The predicted octanol–water partition coefficient (Wildman–Crippen LogP) is 1.03. The maximum Gasteiger partial charge on any atom is 0.142 e. The molecule has 0 saturated carbocycles. The SMILES string of the molecule is C/C(Cl)=N/O. The average Bonchev–Trinajstić information content (AvgIpc) is 1.38. The monoisotopic (exact) mass is 93.0 g/mol. The highest BCUT2D eigenvalue weighted by Gasteiger charge is 1.69. The third-order valence-corrected chi connectivity index (χ3v) is 0.213. The molecule has 0 radical (unpaired) electrons. The Labute approximate surface area is 35.1 Å². The van der Waals surface area contributed by atoms with Gasteiger partial charge in [0.05, 0.1) is 0 Å². The minimum Gasteiger partial charge on any atom is -0.410 e. The van der Waals surface area contributed by atoms with E-state index < -0.39 is 0 Å². The minimum atomic E-state index is 0.157. The first kappa shape index (κ1) is 4.76. The van der Waals surface area contributed by atoms with Crippen molar-refractivity contribution in [3.63, 3.8) is 0 Å². The van der Waals surface area contributed by atoms with Crippen LogP contribution < -0.4 is 0 Å². The lowest BCUT2D eigenvalue weighted by molar-refractivity contribution is 0.320. The van der Waals surface area contributed by atoms with Crippen LogP contribution in [0.3, 0.4) is 0 Å². The highest BCUT2D eigenvalue weighted by molar-refractivity contribution is 6.64. The van der Waals surface area contributed by atoms with Gasteiger partial charge in [0.1, 0.15) is 5.17 Å². The van der Waals surface area contributed by atoms with Crippen molar-refractivity contribution in [2.45, 2.75) is 6.92 Å². The molecule has 0 amide bonds. The van der Waals surface area contributed by atoms with Crippen LogP contribution in [0.2, 0.25) is 0 Å². The zero-order valence-corrected chi connectivity index (χ0v) is 3.53. The summed E-state index contributed by atoms with van der Waals surface area (Å²) in [6.45, 7) is 1.49. The van der Waals surface area contributed by atoms with Gasteiger partial charge in [-0.15, -0.1) is 0 Å². The zero-order chi connectivity index (χ0) is 4.28. The fourth-order valence-corrected chi connectivity index (χ4v) is 0. The molecular formula is C2H4ClNO. The van der Waals surface area contributed by atoms with Gasteiger partial charge in [0.25, 0.3) is 0 Å². The van der Waals surface area contributed by atoms with Crippen LogP contribution in [0.1, 0.15) is 6.92 Å². The molecule has 0 rings (SSSR count). The third-order valence-electron chi connectivity index (χ3n) is 0.138. The van der Waals surface area contributed by atoms with Gasteiger partial charge >= 0.3 is 0 Å². The van der Waals surface area contributed by atoms with E-state index in [0.717, 1.165) is 0 Å². The van der Waals surface area contributed by atoms with E-state index in [1.54, 1.807) is 0 Å². The van der Waals surface area contributed by atoms with Crippen molar-refractivity contribution in [2.24, 2.45) is 5.16 Å². The lowest BCUT2D eigenvalue weighted by atomic mass is 10.9. The molecule has 0 aliphatic rings. The maximum absolute atomic E-state index is 7.60. The van der Waals surface area contributed by atoms with Crippen LogP contribution in [-0.4, -0.2) is 10.4 Å². The third kappa shape index (κ3) is 3.76. The molecule has 0 aliphatic heterocycles. The highest BCUT2D eigenvalue weighted by atomic mass is 35.5. The average molecular weight is 93.5 g/mol. The molecule has 0 aromatic rings. The van der Waals surface area contributed by atoms with Crippen LogP contribution in [0.5, 0.6) is 0 Å². The van der Waals surface area contributed by atoms with Gasteiger partial charge in [0.15, 0.2) is 0 Å². The lowest BCUT2D eigenvalue weighted by Crippen LogP contribution is -1.68. The van der Waals surface area contributed by atoms with Crippen molar-refractivity contribution in [1.29, 1.82) is 0 Å². The number of nitrogens with zero attached hydrogens (tertiary/aromatic N) is 1. The number of hydrogen-bond donors (Lipinski definition) is 1. The maximum atomic E-state index is 7.60. The Kier molecular flexibility index (Phi) is 1.93. The fourth-order valence-electron chi connectivity index (χ4n) is 0. The smallest absolute Gasteiger partial charge is 0.142 e. The van der Waals surface area contributed by atoms with E-state index in [4.69, 9.17) is 16.8 Å². The summed E-state index contributed by atoms with van der Waals surface area (Å²) in [5.41, 5.74) is 0. The summed E-state index contributed by atoms with van der Waals surface area (Å²) in [6, 6.07) is 0. The molecule has 0 fully saturated rings. The summed E-state index contributed by atoms with van der Waals surface area (Å²) < 4.78 is 0. The number of hydrogen-bond acceptors (Lipinski definition) is 2. The molecule has 1 N–H and O–H groups in total. The van der Waals surface area contributed by atoms with E-state index in [1.165, 1.54) is 6.92 Å². The summed E-state index contributed by atoms with van der Waals surface area (Å²) >= 11 is 4.96. The van der Waals surface area contributed by atoms with Crippen molar-refractivity contribution < 1.29 is 5.21 Å². The minimum absolute atomic E-state index is 0.157. The van der Waals surface area contributed by atoms with Crippen LogP contribution in [-0.2, 0) is 0 Å². The molecule has 0 atom stereocenters. The lowest BCUT2D eigenvalue weighted by Gasteiger charge is -1.68. The fraction of sp³-hybridized carbons (Fsp3) is 0.500. The Balaban J connectivity index is 3.14. The largest absolute Gasteiger partial charge is 0.410 e. The van der Waals surface area contributed by atoms with Crippen molar-refractivity contribution in [2.75, 3.05) is 0 Å². The van der Waals surface area contributed by atoms with E-state index in [-0.39, 0.29) is 5.17 Å². The number of oxime groups is 1. The molecule has 0 aromatic carbocycles. The van der Waals surface area contributed by atoms with Crippen molar-refractivity contribution in [3.8, 4) is 0 Å². The Hall–Kier alpha value is -0.240. The first-order valence-corrected chi connectivity index (χ1v) is 1.49. The highest BCUT2D eigenvalue weighted by Crippen LogP contribution is 1.75. The van der Waals surface area contributed by atoms with E-state index in [0.29, 0.717) is 0 Å². The van der Waals surface area contributed by atoms with Gasteiger partial charge in [-0.2, -0.15) is 0 Å². The molecule has 0 spiro atoms. The topological polar surface area (TPSA) is 32.6 Å². The molecule has 0 saturated heterocycles. The second-order valence-corrected chi connectivity index (χ2v) is 1.14. The van der Waals surface area contributed by atoms with Gasteiger partial charge in [-0.3, -0.25) is 0 Å². The molecule has 0 bridgehead atoms. The summed E-state index contributed by atoms with van der Waals surface area (Å²) in [5.74, 6) is 0. The van der Waals surface area contributed by atoms with Crippen molar-refractivity contribution >= 4 is 16.8 Å². The summed E-state index contributed by atoms with van der Waals surface area (Å²) in [4.78, 5) is 0. The van der Waals surface area contributed by atoms with Gasteiger partial charge in [0, 0.05) is 0 Å². The van der Waals surface area contributed by atoms with Gasteiger partial charge < -0.3 is 5.21 Å². The molecule has 0 unspecified atom stereocenters. The molecule has 5 heavy (non-hydrogen) atoms. The molecule has 2 nitrogen and oxygen atoms in total. The first-order valence-electron chi connectivity index (χ1n) is 1.11. The molecular weight excluding hydrogens is 89.5 g/mol. The van der Waals surface area contributed by atoms with E-state index in [1.807, 2.05) is 0 Å². The summed E-state index contributed by atoms with van der Waals surface area (Å²) in [6.07, 6.45) is 0. The molecule has 0 aromatic heterocycles. The Morgan fingerprint density at radius 3 is 2.20 bits per heavy atom. The Morgan fingerprint density at radius 2 is 2.20 bits per heavy atom. The summed E-state index contributed by atoms with van der Waals surface area (Å²) in [7, 11) is 0. The van der Waals surface area contributed by atoms with Crippen LogP contribution in [0.4, 0.5) is 0 Å². The normalized spacial score (nSPS) is 12.0. The number of halogens is 1. The second kappa shape index (κ2) is 2.03. The van der Waals surface area contributed by atoms with Crippen LogP contribution >= 0.6 is 11.6 Å². The Morgan fingerprint density at radius 1 is 2.00 bits per heavy atom. The van der Waals surface area contributed by atoms with Crippen LogP contribution in [0.25, 0.3) is 0 Å². The van der Waals surface area contributed by atoms with Crippen LogP contribution in [0, 0.1) is 0 Å². The first-order chi connectivity index (χ1) is 2.27. The molecule has 3 heteroatoms. The van der Waals surface area contributed by atoms with Gasteiger partial charge in [-0.25, -0.2) is 0 Å². The molecule has 30 valence electrons. The number of rotatable bonds is 0. The molecule has 0 aliphatic carbocycles. The zero-order valence-electron chi connectivity index (χ0n) is 2.77. The van der Waals surface area contributed by atoms with Crippen molar-refractivity contribution in [3.05, 3.63) is 0 Å². The van der Waals surface area contributed by atoms with Gasteiger partial charge in [0.2, 0.25) is 0 Å². The summed E-state index contributed by atoms with van der Waals surface area (Å²) in [5, 5.41) is 10.3. The van der Waals surface area contributed by atoms with E-state index >= 15 is 0 Å². The second-order valence-electron chi connectivity index (χ2n) is 0.597. The van der Waals surface area contributed by atoms with Gasteiger partial charge in [-0.05, 0) is 6.92 Å². The molecule has 0 heterocycles. The van der Waals surface area contributed by atoms with Gasteiger partial charge in [-0.1, -0.05) is 16.8 Å². The van der Waals surface area contributed by atoms with E-state index in [2.05, 4.69) is 5.16 Å². The van der Waals surface area contributed by atoms with E-state index in [9.17, 15) is 0 Å². The standard InChI is InChI=1S/C2H4ClNO/c1-2(3)4-5/h5H,1H3/b4-2-. The Bertz CT molecular complexity index is 47.6. The van der Waals surface area contributed by atoms with Crippen LogP contribution in [0.15, 0.2) is 5.16 Å². The van der Waals surface area contributed by atoms with Crippen molar-refractivity contribution in [1.82, 2.24) is 0 Å². The predicted molar refractivity (Wildman–Crippen MR) is 20.7 cm³/mol.